The fraction of sp³-hybridized carbons (Fsp3) is 0.556. The van der Waals surface area contributed by atoms with E-state index in [2.05, 4.69) is 4.98 Å². The first-order valence-electron chi connectivity index (χ1n) is 8.86. The third-order valence-corrected chi connectivity index (χ3v) is 5.63. The molecule has 3 heterocycles. The van der Waals surface area contributed by atoms with Gasteiger partial charge in [-0.1, -0.05) is 0 Å². The maximum absolute atomic E-state index is 14.9. The Kier molecular flexibility index (Phi) is 3.72. The van der Waals surface area contributed by atoms with Gasteiger partial charge in [0.1, 0.15) is 0 Å². The molecule has 134 valence electrons. The molecule has 0 unspecified atom stereocenters. The van der Waals surface area contributed by atoms with E-state index in [9.17, 15) is 14.0 Å². The molecule has 1 aliphatic heterocycles. The summed E-state index contributed by atoms with van der Waals surface area (Å²) in [5, 5.41) is 0. The maximum Gasteiger partial charge on any atom is 0.333 e. The molecule has 2 aromatic heterocycles. The molecule has 0 spiro atoms. The summed E-state index contributed by atoms with van der Waals surface area (Å²) in [4.78, 5) is 28.9. The zero-order valence-electron chi connectivity index (χ0n) is 14.5. The van der Waals surface area contributed by atoms with Crippen molar-refractivity contribution in [1.29, 1.82) is 0 Å². The first-order valence-corrected chi connectivity index (χ1v) is 8.86. The summed E-state index contributed by atoms with van der Waals surface area (Å²) in [6.07, 6.45) is 3.99. The second-order valence-corrected chi connectivity index (χ2v) is 7.47. The highest BCUT2D eigenvalue weighted by molar-refractivity contribution is 5.72. The van der Waals surface area contributed by atoms with Crippen molar-refractivity contribution < 1.29 is 4.39 Å². The molecule has 0 amide bonds. The molecule has 3 N–H and O–H groups in total. The molecule has 6 nitrogen and oxygen atoms in total. The highest BCUT2D eigenvalue weighted by Crippen LogP contribution is 2.42. The standard InChI is InChI=1S/C18H23FN4O2/c1-9-15(22-6-5-12(7-22)10(2)20)13(19)8-23-16(9)14(11-3-4-11)17(24)21-18(23)25/h8,10-12H,3-7,20H2,1-2H3,(H,21,24,25)/t10-,12+/m0/s1. The average Bonchev–Trinajstić information content (AvgIpc) is 3.25. The molecule has 2 aromatic rings. The topological polar surface area (TPSA) is 83.6 Å². The van der Waals surface area contributed by atoms with Gasteiger partial charge < -0.3 is 10.6 Å². The Morgan fingerprint density at radius 3 is 2.64 bits per heavy atom. The van der Waals surface area contributed by atoms with Crippen LogP contribution in [-0.2, 0) is 0 Å². The Hall–Kier alpha value is -2.15. The largest absolute Gasteiger partial charge is 0.368 e. The number of nitrogens with one attached hydrogen (secondary N) is 1. The third kappa shape index (κ3) is 2.57. The van der Waals surface area contributed by atoms with E-state index in [1.807, 2.05) is 11.8 Å². The minimum Gasteiger partial charge on any atom is -0.368 e. The molecule has 0 aromatic carbocycles. The monoisotopic (exact) mass is 346 g/mol. The number of hydrogen-bond donors (Lipinski definition) is 2. The Labute approximate surface area is 144 Å². The molecule has 2 aliphatic rings. The van der Waals surface area contributed by atoms with Crippen LogP contribution in [0, 0.1) is 18.7 Å². The molecule has 4 rings (SSSR count). The van der Waals surface area contributed by atoms with Crippen molar-refractivity contribution >= 4 is 11.2 Å². The van der Waals surface area contributed by atoms with Crippen LogP contribution in [0.25, 0.3) is 5.52 Å². The predicted molar refractivity (Wildman–Crippen MR) is 94.9 cm³/mol. The Balaban J connectivity index is 1.93. The SMILES string of the molecule is Cc1c(N2CC[C@@H]([C@H](C)N)C2)c(F)cn2c(=O)[nH]c(=O)c(C3CC3)c12. The lowest BCUT2D eigenvalue weighted by Gasteiger charge is -2.24. The van der Waals surface area contributed by atoms with Crippen LogP contribution in [0.3, 0.4) is 0 Å². The van der Waals surface area contributed by atoms with E-state index >= 15 is 0 Å². The van der Waals surface area contributed by atoms with Gasteiger partial charge in [0.2, 0.25) is 0 Å². The van der Waals surface area contributed by atoms with Crippen molar-refractivity contribution in [3.8, 4) is 0 Å². The van der Waals surface area contributed by atoms with Gasteiger partial charge in [0.25, 0.3) is 5.56 Å². The van der Waals surface area contributed by atoms with Gasteiger partial charge in [0.05, 0.1) is 17.4 Å². The van der Waals surface area contributed by atoms with E-state index in [1.54, 1.807) is 6.92 Å². The minimum atomic E-state index is -0.590. The number of fused-ring (bicyclic) bond motifs is 1. The molecule has 7 heteroatoms. The molecular formula is C18H23FN4O2. The quantitative estimate of drug-likeness (QED) is 0.882. The first-order chi connectivity index (χ1) is 11.9. The van der Waals surface area contributed by atoms with Gasteiger partial charge in [-0.3, -0.25) is 14.2 Å². The normalized spacial score (nSPS) is 21.9. The summed E-state index contributed by atoms with van der Waals surface area (Å²) in [6.45, 7) is 5.20. The highest BCUT2D eigenvalue weighted by atomic mass is 19.1. The summed E-state index contributed by atoms with van der Waals surface area (Å²) < 4.78 is 16.1. The van der Waals surface area contributed by atoms with Crippen LogP contribution in [0.15, 0.2) is 15.8 Å². The van der Waals surface area contributed by atoms with Gasteiger partial charge in [-0.25, -0.2) is 9.18 Å². The van der Waals surface area contributed by atoms with Crippen molar-refractivity contribution in [3.05, 3.63) is 44.0 Å². The number of halogens is 1. The molecule has 1 saturated heterocycles. The average molecular weight is 346 g/mol. The van der Waals surface area contributed by atoms with E-state index in [0.717, 1.165) is 25.8 Å². The number of hydrogen-bond acceptors (Lipinski definition) is 4. The second-order valence-electron chi connectivity index (χ2n) is 7.47. The number of anilines is 1. The van der Waals surface area contributed by atoms with Crippen LogP contribution in [-0.4, -0.2) is 28.5 Å². The molecular weight excluding hydrogens is 323 g/mol. The molecule has 25 heavy (non-hydrogen) atoms. The van der Waals surface area contributed by atoms with Gasteiger partial charge >= 0.3 is 5.69 Å². The van der Waals surface area contributed by atoms with Crippen LogP contribution < -0.4 is 21.9 Å². The van der Waals surface area contributed by atoms with Crippen LogP contribution in [0.4, 0.5) is 10.1 Å². The van der Waals surface area contributed by atoms with Crippen LogP contribution in [0.2, 0.25) is 0 Å². The molecule has 2 fully saturated rings. The Bertz CT molecular complexity index is 958. The summed E-state index contributed by atoms with van der Waals surface area (Å²) in [5.41, 5.74) is 7.41. The fourth-order valence-corrected chi connectivity index (χ4v) is 4.09. The first kappa shape index (κ1) is 16.3. The molecule has 2 atom stereocenters. The van der Waals surface area contributed by atoms with Crippen molar-refractivity contribution in [2.24, 2.45) is 11.7 Å². The molecule has 1 aliphatic carbocycles. The lowest BCUT2D eigenvalue weighted by Crippen LogP contribution is -2.32. The molecule has 0 bridgehead atoms. The number of rotatable bonds is 3. The van der Waals surface area contributed by atoms with Gasteiger partial charge in [0.15, 0.2) is 5.82 Å². The van der Waals surface area contributed by atoms with Crippen molar-refractivity contribution in [2.45, 2.75) is 45.1 Å². The number of aryl methyl sites for hydroxylation is 1. The lowest BCUT2D eigenvalue weighted by atomic mass is 10.0. The summed E-state index contributed by atoms with van der Waals surface area (Å²) >= 11 is 0. The second kappa shape index (κ2) is 5.69. The van der Waals surface area contributed by atoms with E-state index in [1.165, 1.54) is 10.6 Å². The number of H-pyrrole nitrogens is 1. The van der Waals surface area contributed by atoms with E-state index in [0.29, 0.717) is 34.8 Å². The summed E-state index contributed by atoms with van der Waals surface area (Å²) in [6, 6.07) is 0.0568. The van der Waals surface area contributed by atoms with Crippen molar-refractivity contribution in [1.82, 2.24) is 9.38 Å². The number of pyridine rings is 1. The van der Waals surface area contributed by atoms with Gasteiger partial charge in [0, 0.05) is 30.3 Å². The zero-order chi connectivity index (χ0) is 17.9. The number of aromatic nitrogens is 2. The number of nitrogens with zero attached hydrogens (tertiary/aromatic N) is 2. The van der Waals surface area contributed by atoms with E-state index in [-0.39, 0.29) is 17.5 Å². The summed E-state index contributed by atoms with van der Waals surface area (Å²) in [7, 11) is 0. The minimum absolute atomic E-state index is 0.0568. The zero-order valence-corrected chi connectivity index (χ0v) is 14.5. The van der Waals surface area contributed by atoms with E-state index < -0.39 is 11.5 Å². The van der Waals surface area contributed by atoms with Gasteiger partial charge in [-0.2, -0.15) is 0 Å². The maximum atomic E-state index is 14.9. The Morgan fingerprint density at radius 2 is 2.04 bits per heavy atom. The lowest BCUT2D eigenvalue weighted by molar-refractivity contribution is 0.487. The molecule has 0 radical (unpaired) electrons. The number of nitrogens with two attached hydrogens (primary N) is 1. The van der Waals surface area contributed by atoms with E-state index in [4.69, 9.17) is 5.73 Å². The Morgan fingerprint density at radius 1 is 1.32 bits per heavy atom. The molecule has 1 saturated carbocycles. The third-order valence-electron chi connectivity index (χ3n) is 5.63. The van der Waals surface area contributed by atoms with Crippen LogP contribution in [0.5, 0.6) is 0 Å². The summed E-state index contributed by atoms with van der Waals surface area (Å²) in [5.74, 6) is 0.0391. The van der Waals surface area contributed by atoms with Gasteiger partial charge in [-0.15, -0.1) is 0 Å². The fourth-order valence-electron chi connectivity index (χ4n) is 4.09. The smallest absolute Gasteiger partial charge is 0.333 e. The van der Waals surface area contributed by atoms with Crippen molar-refractivity contribution in [2.75, 3.05) is 18.0 Å². The van der Waals surface area contributed by atoms with Crippen molar-refractivity contribution in [3.63, 3.8) is 0 Å². The van der Waals surface area contributed by atoms with Gasteiger partial charge in [-0.05, 0) is 44.9 Å². The van der Waals surface area contributed by atoms with Crippen LogP contribution in [0.1, 0.15) is 43.2 Å². The number of aromatic amines is 1. The highest BCUT2D eigenvalue weighted by Gasteiger charge is 2.33. The predicted octanol–water partition coefficient (Wildman–Crippen LogP) is 1.49. The van der Waals surface area contributed by atoms with Crippen LogP contribution >= 0.6 is 0 Å².